The molecule has 1 aliphatic heterocycles. The fourth-order valence-corrected chi connectivity index (χ4v) is 1.74. The summed E-state index contributed by atoms with van der Waals surface area (Å²) in [4.78, 5) is 0. The number of benzene rings is 1. The summed E-state index contributed by atoms with van der Waals surface area (Å²) in [5.41, 5.74) is 15.7. The lowest BCUT2D eigenvalue weighted by Gasteiger charge is -2.10. The van der Waals surface area contributed by atoms with Crippen molar-refractivity contribution in [2.45, 2.75) is 19.9 Å². The molecule has 3 heteroatoms. The third-order valence-electron chi connectivity index (χ3n) is 2.61. The van der Waals surface area contributed by atoms with Crippen LogP contribution in [0.15, 0.2) is 6.07 Å². The first kappa shape index (κ1) is 8.38. The summed E-state index contributed by atoms with van der Waals surface area (Å²) in [6, 6.07) is 2.03. The summed E-state index contributed by atoms with van der Waals surface area (Å²) < 4.78 is 5.47. The Morgan fingerprint density at radius 2 is 2.15 bits per heavy atom. The summed E-state index contributed by atoms with van der Waals surface area (Å²) in [5, 5.41) is 0. The van der Waals surface area contributed by atoms with Crippen LogP contribution in [0.4, 0.5) is 5.69 Å². The minimum atomic E-state index is 0.00741. The number of fused-ring (bicyclic) bond motifs is 1. The molecule has 13 heavy (non-hydrogen) atoms. The van der Waals surface area contributed by atoms with Gasteiger partial charge in [-0.05, 0) is 25.5 Å². The van der Waals surface area contributed by atoms with Crippen LogP contribution in [0.25, 0.3) is 0 Å². The minimum Gasteiger partial charge on any atom is -0.491 e. The van der Waals surface area contributed by atoms with Crippen LogP contribution in [0.1, 0.15) is 22.7 Å². The van der Waals surface area contributed by atoms with Crippen molar-refractivity contribution in [3.05, 3.63) is 22.8 Å². The standard InChI is InChI=1S/C10H14N2O/c1-5-3-7-8(11)4-13-10(7)6(2)9(5)12/h3,8H,4,11-12H2,1-2H3. The molecule has 0 radical (unpaired) electrons. The lowest BCUT2D eigenvalue weighted by atomic mass is 10.0. The molecule has 1 aromatic carbocycles. The second kappa shape index (κ2) is 2.64. The van der Waals surface area contributed by atoms with Crippen molar-refractivity contribution in [2.24, 2.45) is 5.73 Å². The first-order chi connectivity index (χ1) is 6.11. The van der Waals surface area contributed by atoms with Crippen LogP contribution < -0.4 is 16.2 Å². The molecule has 2 rings (SSSR count). The molecule has 70 valence electrons. The number of aryl methyl sites for hydroxylation is 1. The second-order valence-electron chi connectivity index (χ2n) is 3.57. The molecule has 1 aliphatic rings. The molecule has 0 bridgehead atoms. The Morgan fingerprint density at radius 3 is 2.85 bits per heavy atom. The molecule has 1 unspecified atom stereocenters. The van der Waals surface area contributed by atoms with Crippen LogP contribution in [-0.2, 0) is 0 Å². The number of ether oxygens (including phenoxy) is 1. The predicted molar refractivity (Wildman–Crippen MR) is 52.8 cm³/mol. The maximum Gasteiger partial charge on any atom is 0.129 e. The molecule has 1 heterocycles. The zero-order valence-corrected chi connectivity index (χ0v) is 7.92. The fourth-order valence-electron chi connectivity index (χ4n) is 1.74. The molecule has 0 saturated heterocycles. The van der Waals surface area contributed by atoms with Crippen LogP contribution in [0, 0.1) is 13.8 Å². The van der Waals surface area contributed by atoms with Crippen molar-refractivity contribution < 1.29 is 4.74 Å². The molecular formula is C10H14N2O. The van der Waals surface area contributed by atoms with Gasteiger partial charge in [0, 0.05) is 16.8 Å². The molecule has 0 spiro atoms. The Bertz CT molecular complexity index is 360. The van der Waals surface area contributed by atoms with E-state index in [4.69, 9.17) is 16.2 Å². The molecule has 0 aliphatic carbocycles. The van der Waals surface area contributed by atoms with E-state index < -0.39 is 0 Å². The first-order valence-electron chi connectivity index (χ1n) is 4.39. The third kappa shape index (κ3) is 1.08. The summed E-state index contributed by atoms with van der Waals surface area (Å²) in [6.45, 7) is 4.53. The van der Waals surface area contributed by atoms with E-state index in [0.29, 0.717) is 6.61 Å². The van der Waals surface area contributed by atoms with E-state index in [0.717, 1.165) is 28.1 Å². The molecule has 0 saturated carbocycles. The van der Waals surface area contributed by atoms with Crippen molar-refractivity contribution in [1.82, 2.24) is 0 Å². The molecular weight excluding hydrogens is 164 g/mol. The monoisotopic (exact) mass is 178 g/mol. The van der Waals surface area contributed by atoms with Crippen LogP contribution in [0.5, 0.6) is 5.75 Å². The Hall–Kier alpha value is -1.22. The average molecular weight is 178 g/mol. The number of hydrogen-bond donors (Lipinski definition) is 2. The van der Waals surface area contributed by atoms with E-state index >= 15 is 0 Å². The summed E-state index contributed by atoms with van der Waals surface area (Å²) in [7, 11) is 0. The quantitative estimate of drug-likeness (QED) is 0.588. The van der Waals surface area contributed by atoms with Crippen molar-refractivity contribution in [1.29, 1.82) is 0 Å². The number of anilines is 1. The van der Waals surface area contributed by atoms with Gasteiger partial charge in [0.25, 0.3) is 0 Å². The number of nitrogens with two attached hydrogens (primary N) is 2. The molecule has 0 fully saturated rings. The minimum absolute atomic E-state index is 0.00741. The molecule has 4 N–H and O–H groups in total. The number of nitrogen functional groups attached to an aromatic ring is 1. The van der Waals surface area contributed by atoms with Gasteiger partial charge in [0.1, 0.15) is 12.4 Å². The number of rotatable bonds is 0. The third-order valence-corrected chi connectivity index (χ3v) is 2.61. The van der Waals surface area contributed by atoms with Gasteiger partial charge in [-0.25, -0.2) is 0 Å². The van der Waals surface area contributed by atoms with E-state index in [-0.39, 0.29) is 6.04 Å². The molecule has 3 nitrogen and oxygen atoms in total. The summed E-state index contributed by atoms with van der Waals surface area (Å²) in [6.07, 6.45) is 0. The number of hydrogen-bond acceptors (Lipinski definition) is 3. The lowest BCUT2D eigenvalue weighted by Crippen LogP contribution is -2.10. The second-order valence-corrected chi connectivity index (χ2v) is 3.57. The van der Waals surface area contributed by atoms with Gasteiger partial charge in [-0.2, -0.15) is 0 Å². The predicted octanol–water partition coefficient (Wildman–Crippen LogP) is 1.28. The van der Waals surface area contributed by atoms with Gasteiger partial charge in [-0.3, -0.25) is 0 Å². The Balaban J connectivity index is 2.67. The molecule has 1 aromatic rings. The molecule has 0 amide bonds. The normalized spacial score (nSPS) is 19.8. The Morgan fingerprint density at radius 1 is 1.46 bits per heavy atom. The van der Waals surface area contributed by atoms with Gasteiger partial charge >= 0.3 is 0 Å². The van der Waals surface area contributed by atoms with Gasteiger partial charge in [-0.15, -0.1) is 0 Å². The highest BCUT2D eigenvalue weighted by Gasteiger charge is 2.24. The largest absolute Gasteiger partial charge is 0.491 e. The van der Waals surface area contributed by atoms with E-state index in [1.807, 2.05) is 19.9 Å². The smallest absolute Gasteiger partial charge is 0.129 e. The van der Waals surface area contributed by atoms with E-state index in [2.05, 4.69) is 0 Å². The van der Waals surface area contributed by atoms with Crippen LogP contribution in [0.3, 0.4) is 0 Å². The highest BCUT2D eigenvalue weighted by atomic mass is 16.5. The van der Waals surface area contributed by atoms with Crippen LogP contribution >= 0.6 is 0 Å². The average Bonchev–Trinajstić information content (AvgIpc) is 2.45. The van der Waals surface area contributed by atoms with Crippen molar-refractivity contribution in [2.75, 3.05) is 12.3 Å². The fraction of sp³-hybridized carbons (Fsp3) is 0.400. The maximum atomic E-state index is 5.88. The lowest BCUT2D eigenvalue weighted by molar-refractivity contribution is 0.331. The van der Waals surface area contributed by atoms with E-state index in [1.54, 1.807) is 0 Å². The highest BCUT2D eigenvalue weighted by Crippen LogP contribution is 2.38. The highest BCUT2D eigenvalue weighted by molar-refractivity contribution is 5.63. The molecule has 1 atom stereocenters. The SMILES string of the molecule is Cc1cc2c(c(C)c1N)OCC2N. The Kier molecular flexibility index (Phi) is 1.70. The van der Waals surface area contributed by atoms with Gasteiger partial charge in [0.2, 0.25) is 0 Å². The zero-order chi connectivity index (χ0) is 9.59. The van der Waals surface area contributed by atoms with Crippen molar-refractivity contribution >= 4 is 5.69 Å². The first-order valence-corrected chi connectivity index (χ1v) is 4.39. The van der Waals surface area contributed by atoms with Gasteiger partial charge in [-0.1, -0.05) is 0 Å². The van der Waals surface area contributed by atoms with Gasteiger partial charge in [0.15, 0.2) is 0 Å². The van der Waals surface area contributed by atoms with Crippen molar-refractivity contribution in [3.63, 3.8) is 0 Å². The maximum absolute atomic E-state index is 5.88. The molecule has 0 aromatic heterocycles. The summed E-state index contributed by atoms with van der Waals surface area (Å²) >= 11 is 0. The van der Waals surface area contributed by atoms with Gasteiger partial charge in [0.05, 0.1) is 6.04 Å². The van der Waals surface area contributed by atoms with Crippen LogP contribution in [0.2, 0.25) is 0 Å². The van der Waals surface area contributed by atoms with E-state index in [1.165, 1.54) is 0 Å². The zero-order valence-electron chi connectivity index (χ0n) is 7.92. The topological polar surface area (TPSA) is 61.3 Å². The van der Waals surface area contributed by atoms with Crippen LogP contribution in [-0.4, -0.2) is 6.61 Å². The summed E-state index contributed by atoms with van der Waals surface area (Å²) in [5.74, 6) is 0.885. The van der Waals surface area contributed by atoms with Crippen molar-refractivity contribution in [3.8, 4) is 5.75 Å². The Labute approximate surface area is 77.7 Å². The van der Waals surface area contributed by atoms with E-state index in [9.17, 15) is 0 Å². The van der Waals surface area contributed by atoms with Gasteiger partial charge < -0.3 is 16.2 Å².